The first-order valence-corrected chi connectivity index (χ1v) is 6.86. The van der Waals surface area contributed by atoms with E-state index in [9.17, 15) is 9.59 Å². The molecule has 1 fully saturated rings. The number of fused-ring (bicyclic) bond motifs is 1. The molecule has 1 unspecified atom stereocenters. The van der Waals surface area contributed by atoms with Crippen molar-refractivity contribution in [3.05, 3.63) is 34.9 Å². The Morgan fingerprint density at radius 3 is 2.74 bits per heavy atom. The third-order valence-electron chi connectivity index (χ3n) is 4.19. The second-order valence-corrected chi connectivity index (χ2v) is 5.23. The Bertz CT molecular complexity index is 553. The van der Waals surface area contributed by atoms with E-state index in [1.165, 1.54) is 4.90 Å². The van der Waals surface area contributed by atoms with Crippen molar-refractivity contribution in [1.82, 2.24) is 9.80 Å². The molecule has 0 radical (unpaired) electrons. The van der Waals surface area contributed by atoms with E-state index in [4.69, 9.17) is 0 Å². The van der Waals surface area contributed by atoms with Crippen molar-refractivity contribution < 1.29 is 9.59 Å². The van der Waals surface area contributed by atoms with Crippen LogP contribution in [0.1, 0.15) is 46.0 Å². The Balaban J connectivity index is 2.01. The Kier molecular flexibility index (Phi) is 2.90. The van der Waals surface area contributed by atoms with E-state index in [1.54, 1.807) is 6.07 Å². The Morgan fingerprint density at radius 2 is 2.05 bits per heavy atom. The normalized spacial score (nSPS) is 23.3. The van der Waals surface area contributed by atoms with Crippen LogP contribution >= 0.6 is 0 Å². The van der Waals surface area contributed by atoms with Crippen LogP contribution < -0.4 is 0 Å². The van der Waals surface area contributed by atoms with E-state index in [-0.39, 0.29) is 18.0 Å². The van der Waals surface area contributed by atoms with Gasteiger partial charge in [0.2, 0.25) is 0 Å². The first-order chi connectivity index (χ1) is 9.15. The standard InChI is InChI=1S/C15H18N2O2/c1-3-16-9-5-8-12(16)17-14(18)11-7-4-6-10(2)13(11)15(17)19/h4,6-7,12H,3,5,8-9H2,1-2H3. The van der Waals surface area contributed by atoms with Gasteiger partial charge in [0.05, 0.1) is 17.3 Å². The predicted molar refractivity (Wildman–Crippen MR) is 71.9 cm³/mol. The molecule has 0 spiro atoms. The maximum atomic E-state index is 12.6. The maximum Gasteiger partial charge on any atom is 0.263 e. The third-order valence-corrected chi connectivity index (χ3v) is 4.19. The van der Waals surface area contributed by atoms with Gasteiger partial charge in [0.1, 0.15) is 0 Å². The summed E-state index contributed by atoms with van der Waals surface area (Å²) < 4.78 is 0. The second-order valence-electron chi connectivity index (χ2n) is 5.23. The van der Waals surface area contributed by atoms with Crippen LogP contribution in [-0.2, 0) is 0 Å². The number of amides is 2. The summed E-state index contributed by atoms with van der Waals surface area (Å²) in [6, 6.07) is 5.49. The minimum atomic E-state index is -0.131. The number of aryl methyl sites for hydroxylation is 1. The van der Waals surface area contributed by atoms with Gasteiger partial charge in [0, 0.05) is 6.54 Å². The Morgan fingerprint density at radius 1 is 1.26 bits per heavy atom. The lowest BCUT2D eigenvalue weighted by Crippen LogP contribution is -2.47. The molecule has 1 aromatic rings. The van der Waals surface area contributed by atoms with Gasteiger partial charge in [-0.1, -0.05) is 19.1 Å². The van der Waals surface area contributed by atoms with Crippen LogP contribution in [0.5, 0.6) is 0 Å². The molecule has 1 saturated heterocycles. The van der Waals surface area contributed by atoms with E-state index in [2.05, 4.69) is 11.8 Å². The number of carbonyl (C=O) groups is 2. The first-order valence-electron chi connectivity index (χ1n) is 6.86. The smallest absolute Gasteiger partial charge is 0.263 e. The highest BCUT2D eigenvalue weighted by molar-refractivity contribution is 6.22. The quantitative estimate of drug-likeness (QED) is 0.762. The fraction of sp³-hybridized carbons (Fsp3) is 0.467. The molecule has 4 heteroatoms. The molecular weight excluding hydrogens is 240 g/mol. The van der Waals surface area contributed by atoms with Gasteiger partial charge in [-0.05, 0) is 37.9 Å². The van der Waals surface area contributed by atoms with Crippen LogP contribution in [0.2, 0.25) is 0 Å². The molecule has 4 nitrogen and oxygen atoms in total. The minimum Gasteiger partial charge on any atom is -0.283 e. The average molecular weight is 258 g/mol. The molecule has 0 N–H and O–H groups in total. The fourth-order valence-corrected chi connectivity index (χ4v) is 3.21. The summed E-state index contributed by atoms with van der Waals surface area (Å²) in [5.41, 5.74) is 2.04. The van der Waals surface area contributed by atoms with E-state index in [1.807, 2.05) is 19.1 Å². The first kappa shape index (κ1) is 12.4. The van der Waals surface area contributed by atoms with Crippen molar-refractivity contribution in [3.8, 4) is 0 Å². The molecule has 2 amide bonds. The zero-order valence-corrected chi connectivity index (χ0v) is 11.3. The summed E-state index contributed by atoms with van der Waals surface area (Å²) in [7, 11) is 0. The zero-order valence-electron chi connectivity index (χ0n) is 11.3. The lowest BCUT2D eigenvalue weighted by molar-refractivity contribution is 0.0415. The number of hydrogen-bond donors (Lipinski definition) is 0. The monoisotopic (exact) mass is 258 g/mol. The highest BCUT2D eigenvalue weighted by Gasteiger charge is 2.43. The summed E-state index contributed by atoms with van der Waals surface area (Å²) in [5.74, 6) is -0.252. The van der Waals surface area contributed by atoms with E-state index < -0.39 is 0 Å². The Labute approximate surface area is 113 Å². The number of likely N-dealkylation sites (tertiary alicyclic amines) is 1. The molecule has 19 heavy (non-hydrogen) atoms. The van der Waals surface area contributed by atoms with Crippen molar-refractivity contribution in [2.45, 2.75) is 32.9 Å². The van der Waals surface area contributed by atoms with Crippen molar-refractivity contribution in [3.63, 3.8) is 0 Å². The fourth-order valence-electron chi connectivity index (χ4n) is 3.21. The summed E-state index contributed by atoms with van der Waals surface area (Å²) in [4.78, 5) is 28.7. The summed E-state index contributed by atoms with van der Waals surface area (Å²) in [6.45, 7) is 5.80. The van der Waals surface area contributed by atoms with Gasteiger partial charge in [0.25, 0.3) is 11.8 Å². The van der Waals surface area contributed by atoms with Crippen LogP contribution in [0.15, 0.2) is 18.2 Å². The molecule has 3 rings (SSSR count). The summed E-state index contributed by atoms with van der Waals surface area (Å²) in [5, 5.41) is 0. The van der Waals surface area contributed by atoms with E-state index >= 15 is 0 Å². The van der Waals surface area contributed by atoms with Gasteiger partial charge in [-0.3, -0.25) is 19.4 Å². The highest BCUT2D eigenvalue weighted by Crippen LogP contribution is 2.31. The number of imide groups is 1. The number of hydrogen-bond acceptors (Lipinski definition) is 3. The van der Waals surface area contributed by atoms with Gasteiger partial charge < -0.3 is 0 Å². The molecule has 0 bridgehead atoms. The summed E-state index contributed by atoms with van der Waals surface area (Å²) in [6.07, 6.45) is 1.88. The number of benzene rings is 1. The maximum absolute atomic E-state index is 12.6. The van der Waals surface area contributed by atoms with E-state index in [0.717, 1.165) is 31.5 Å². The van der Waals surface area contributed by atoms with Crippen molar-refractivity contribution in [1.29, 1.82) is 0 Å². The molecule has 1 atom stereocenters. The predicted octanol–water partition coefficient (Wildman–Crippen LogP) is 2.03. The molecule has 2 aliphatic heterocycles. The average Bonchev–Trinajstić information content (AvgIpc) is 2.94. The number of rotatable bonds is 2. The van der Waals surface area contributed by atoms with Gasteiger partial charge in [-0.25, -0.2) is 0 Å². The molecule has 2 heterocycles. The largest absolute Gasteiger partial charge is 0.283 e. The number of carbonyl (C=O) groups excluding carboxylic acids is 2. The van der Waals surface area contributed by atoms with E-state index in [0.29, 0.717) is 11.1 Å². The van der Waals surface area contributed by atoms with Crippen molar-refractivity contribution in [2.24, 2.45) is 0 Å². The van der Waals surface area contributed by atoms with Crippen LogP contribution in [0, 0.1) is 6.92 Å². The van der Waals surface area contributed by atoms with Crippen LogP contribution in [0.4, 0.5) is 0 Å². The highest BCUT2D eigenvalue weighted by atomic mass is 16.2. The number of nitrogens with zero attached hydrogens (tertiary/aromatic N) is 2. The lowest BCUT2D eigenvalue weighted by Gasteiger charge is -2.29. The Hall–Kier alpha value is -1.68. The van der Waals surface area contributed by atoms with Gasteiger partial charge in [0.15, 0.2) is 0 Å². The molecule has 0 aliphatic carbocycles. The SMILES string of the molecule is CCN1CCCC1N1C(=O)c2cccc(C)c2C1=O. The van der Waals surface area contributed by atoms with Crippen LogP contribution in [-0.4, -0.2) is 40.9 Å². The topological polar surface area (TPSA) is 40.6 Å². The zero-order chi connectivity index (χ0) is 13.6. The molecule has 0 saturated carbocycles. The van der Waals surface area contributed by atoms with Gasteiger partial charge >= 0.3 is 0 Å². The van der Waals surface area contributed by atoms with Gasteiger partial charge in [-0.15, -0.1) is 0 Å². The second kappa shape index (κ2) is 4.46. The van der Waals surface area contributed by atoms with Crippen molar-refractivity contribution >= 4 is 11.8 Å². The molecular formula is C15H18N2O2. The molecule has 1 aromatic carbocycles. The summed E-state index contributed by atoms with van der Waals surface area (Å²) >= 11 is 0. The van der Waals surface area contributed by atoms with Gasteiger partial charge in [-0.2, -0.15) is 0 Å². The lowest BCUT2D eigenvalue weighted by atomic mass is 10.0. The van der Waals surface area contributed by atoms with Crippen LogP contribution in [0.3, 0.4) is 0 Å². The minimum absolute atomic E-state index is 0.0585. The van der Waals surface area contributed by atoms with Crippen molar-refractivity contribution in [2.75, 3.05) is 13.1 Å². The molecule has 2 aliphatic rings. The molecule has 100 valence electrons. The van der Waals surface area contributed by atoms with Crippen LogP contribution in [0.25, 0.3) is 0 Å². The third kappa shape index (κ3) is 1.70. The molecule has 0 aromatic heterocycles.